The Balaban J connectivity index is 0.000000332. The summed E-state index contributed by atoms with van der Waals surface area (Å²) >= 11 is 0. The average Bonchev–Trinajstić information content (AvgIpc) is 2.82. The summed E-state index contributed by atoms with van der Waals surface area (Å²) in [6, 6.07) is 21.0. The van der Waals surface area contributed by atoms with E-state index in [9.17, 15) is 0 Å². The fourth-order valence-electron chi connectivity index (χ4n) is 5.17. The van der Waals surface area contributed by atoms with E-state index in [-0.39, 0.29) is 0 Å². The molecule has 3 rings (SSSR count). The lowest BCUT2D eigenvalue weighted by Gasteiger charge is -2.22. The highest BCUT2D eigenvalue weighted by atomic mass is 31.1. The predicted molar refractivity (Wildman–Crippen MR) is 180 cm³/mol. The van der Waals surface area contributed by atoms with E-state index < -0.39 is 7.92 Å². The zero-order chi connectivity index (χ0) is 28.1. The van der Waals surface area contributed by atoms with Crippen LogP contribution in [0.15, 0.2) is 54.6 Å². The first-order valence-corrected chi connectivity index (χ1v) is 18.2. The van der Waals surface area contributed by atoms with Crippen molar-refractivity contribution in [1.82, 2.24) is 0 Å². The highest BCUT2D eigenvalue weighted by molar-refractivity contribution is 7.79. The van der Waals surface area contributed by atoms with Crippen LogP contribution >= 0.6 is 15.8 Å². The van der Waals surface area contributed by atoms with Crippen molar-refractivity contribution in [3.63, 3.8) is 0 Å². The zero-order valence-electron chi connectivity index (χ0n) is 26.0. The maximum absolute atomic E-state index is 2.37. The summed E-state index contributed by atoms with van der Waals surface area (Å²) in [6.07, 6.45) is 13.2. The van der Waals surface area contributed by atoms with E-state index >= 15 is 0 Å². The summed E-state index contributed by atoms with van der Waals surface area (Å²) in [5.74, 6) is 0. The first-order valence-electron chi connectivity index (χ1n) is 14.9. The topological polar surface area (TPSA) is 0 Å². The van der Waals surface area contributed by atoms with Gasteiger partial charge in [-0.2, -0.15) is 0 Å². The Kier molecular flexibility index (Phi) is 14.9. The Labute approximate surface area is 238 Å². The summed E-state index contributed by atoms with van der Waals surface area (Å²) in [6.45, 7) is 20.1. The van der Waals surface area contributed by atoms with Gasteiger partial charge in [-0.1, -0.05) is 128 Å². The maximum atomic E-state index is 2.37. The molecule has 0 spiro atoms. The van der Waals surface area contributed by atoms with Gasteiger partial charge < -0.3 is 0 Å². The molecule has 0 amide bonds. The molecule has 0 aliphatic carbocycles. The number of benzene rings is 3. The molecule has 0 N–H and O–H groups in total. The Morgan fingerprint density at radius 1 is 0.395 bits per heavy atom. The van der Waals surface area contributed by atoms with E-state index in [1.165, 1.54) is 87.8 Å². The number of aryl methyl sites for hydroxylation is 6. The van der Waals surface area contributed by atoms with E-state index in [0.29, 0.717) is 7.92 Å². The van der Waals surface area contributed by atoms with Crippen molar-refractivity contribution in [2.75, 3.05) is 18.5 Å². The maximum Gasteiger partial charge on any atom is -0.0134 e. The van der Waals surface area contributed by atoms with E-state index in [2.05, 4.69) is 117 Å². The van der Waals surface area contributed by atoms with Crippen molar-refractivity contribution in [1.29, 1.82) is 0 Å². The largest absolute Gasteiger partial charge is 0.107 e. The van der Waals surface area contributed by atoms with Gasteiger partial charge in [0.05, 0.1) is 0 Å². The van der Waals surface area contributed by atoms with Crippen molar-refractivity contribution < 1.29 is 0 Å². The number of hydrogen-bond donors (Lipinski definition) is 0. The molecule has 0 bridgehead atoms. The van der Waals surface area contributed by atoms with Crippen LogP contribution in [0.25, 0.3) is 0 Å². The standard InChI is InChI=1S/C24H27P.C12H27P/c1-16-7-17(2)11-22(10-16)25(23-12-18(3)8-19(4)13-23)24-14-20(5)9-21(6)15-24;1-4-7-10-13(11-8-5-2)12-9-6-3/h7-15H,1-6H3;4-12H2,1-3H3. The van der Waals surface area contributed by atoms with Crippen molar-refractivity contribution in [2.45, 2.75) is 101 Å². The number of unbranched alkanes of at least 4 members (excludes halogenated alkanes) is 3. The summed E-state index contributed by atoms with van der Waals surface area (Å²) in [5.41, 5.74) is 8.06. The second-order valence-electron chi connectivity index (χ2n) is 11.3. The molecule has 3 aromatic carbocycles. The van der Waals surface area contributed by atoms with Crippen LogP contribution in [0.1, 0.15) is 92.7 Å². The Morgan fingerprint density at radius 3 is 0.842 bits per heavy atom. The second kappa shape index (κ2) is 17.3. The smallest absolute Gasteiger partial charge is 0.0134 e. The molecular formula is C36H54P2. The molecule has 0 atom stereocenters. The van der Waals surface area contributed by atoms with Crippen molar-refractivity contribution in [3.05, 3.63) is 88.0 Å². The van der Waals surface area contributed by atoms with Crippen LogP contribution in [0.2, 0.25) is 0 Å². The molecule has 38 heavy (non-hydrogen) atoms. The van der Waals surface area contributed by atoms with Gasteiger partial charge in [0.15, 0.2) is 0 Å². The van der Waals surface area contributed by atoms with Gasteiger partial charge in [0.1, 0.15) is 0 Å². The van der Waals surface area contributed by atoms with Crippen molar-refractivity contribution >= 4 is 31.8 Å². The van der Waals surface area contributed by atoms with Gasteiger partial charge in [-0.3, -0.25) is 0 Å². The van der Waals surface area contributed by atoms with Crippen LogP contribution in [0, 0.1) is 41.5 Å². The van der Waals surface area contributed by atoms with Crippen LogP contribution in [0.5, 0.6) is 0 Å². The molecule has 0 radical (unpaired) electrons. The summed E-state index contributed by atoms with van der Waals surface area (Å²) in [7, 11) is -0.122. The lowest BCUT2D eigenvalue weighted by atomic mass is 10.1. The summed E-state index contributed by atoms with van der Waals surface area (Å²) in [4.78, 5) is 0. The van der Waals surface area contributed by atoms with Crippen LogP contribution in [0.4, 0.5) is 0 Å². The van der Waals surface area contributed by atoms with E-state index in [1.54, 1.807) is 18.5 Å². The predicted octanol–water partition coefficient (Wildman–Crippen LogP) is 10.2. The molecule has 0 saturated heterocycles. The lowest BCUT2D eigenvalue weighted by molar-refractivity contribution is 0.847. The molecule has 0 fully saturated rings. The third-order valence-corrected chi connectivity index (χ3v) is 12.0. The average molecular weight is 549 g/mol. The second-order valence-corrected chi connectivity index (χ2v) is 16.2. The van der Waals surface area contributed by atoms with Crippen LogP contribution in [-0.4, -0.2) is 18.5 Å². The normalized spacial score (nSPS) is 11.1. The number of rotatable bonds is 12. The third-order valence-electron chi connectivity index (χ3n) is 6.88. The van der Waals surface area contributed by atoms with Gasteiger partial charge in [-0.25, -0.2) is 0 Å². The van der Waals surface area contributed by atoms with Crippen molar-refractivity contribution in [3.8, 4) is 0 Å². The molecule has 0 saturated carbocycles. The molecule has 0 aliphatic rings. The Hall–Kier alpha value is -1.48. The first-order chi connectivity index (χ1) is 18.2. The fourth-order valence-corrected chi connectivity index (χ4v) is 11.0. The van der Waals surface area contributed by atoms with E-state index in [1.807, 2.05) is 0 Å². The molecule has 2 heteroatoms. The fraction of sp³-hybridized carbons (Fsp3) is 0.500. The van der Waals surface area contributed by atoms with E-state index in [0.717, 1.165) is 0 Å². The molecule has 208 valence electrons. The number of hydrogen-bond acceptors (Lipinski definition) is 0. The molecule has 0 aromatic heterocycles. The van der Waals surface area contributed by atoms with Gasteiger partial charge in [0.25, 0.3) is 0 Å². The summed E-state index contributed by atoms with van der Waals surface area (Å²) in [5, 5.41) is 4.34. The molecular weight excluding hydrogens is 494 g/mol. The molecule has 0 unspecified atom stereocenters. The molecule has 3 aromatic rings. The van der Waals surface area contributed by atoms with E-state index in [4.69, 9.17) is 0 Å². The summed E-state index contributed by atoms with van der Waals surface area (Å²) < 4.78 is 0. The Bertz CT molecular complexity index is 912. The van der Waals surface area contributed by atoms with Gasteiger partial charge >= 0.3 is 0 Å². The van der Waals surface area contributed by atoms with Crippen LogP contribution in [-0.2, 0) is 0 Å². The monoisotopic (exact) mass is 548 g/mol. The third kappa shape index (κ3) is 11.3. The quantitative estimate of drug-likeness (QED) is 0.198. The zero-order valence-corrected chi connectivity index (χ0v) is 27.7. The highest BCUT2D eigenvalue weighted by Gasteiger charge is 2.18. The minimum Gasteiger partial charge on any atom is -0.107 e. The van der Waals surface area contributed by atoms with Gasteiger partial charge in [0.2, 0.25) is 0 Å². The molecule has 0 nitrogen and oxygen atoms in total. The minimum absolute atomic E-state index is 0.422. The first kappa shape index (κ1) is 32.7. The van der Waals surface area contributed by atoms with Crippen LogP contribution in [0.3, 0.4) is 0 Å². The Morgan fingerprint density at radius 2 is 0.632 bits per heavy atom. The van der Waals surface area contributed by atoms with Gasteiger partial charge in [0, 0.05) is 0 Å². The van der Waals surface area contributed by atoms with Crippen molar-refractivity contribution in [2.24, 2.45) is 0 Å². The molecule has 0 aliphatic heterocycles. The minimum atomic E-state index is -0.543. The SMILES string of the molecule is CCCCP(CCCC)CCCC.Cc1cc(C)cc(P(c2cc(C)cc(C)c2)c2cc(C)cc(C)c2)c1. The molecule has 0 heterocycles. The lowest BCUT2D eigenvalue weighted by Crippen LogP contribution is -2.22. The van der Waals surface area contributed by atoms with Gasteiger partial charge in [-0.05, 0) is 103 Å². The highest BCUT2D eigenvalue weighted by Crippen LogP contribution is 2.38. The van der Waals surface area contributed by atoms with Gasteiger partial charge in [-0.15, -0.1) is 7.92 Å². The van der Waals surface area contributed by atoms with Crippen LogP contribution < -0.4 is 15.9 Å².